The summed E-state index contributed by atoms with van der Waals surface area (Å²) in [6.07, 6.45) is 0.0970. The Morgan fingerprint density at radius 2 is 1.50 bits per heavy atom. The van der Waals surface area contributed by atoms with E-state index < -0.39 is 53.8 Å². The van der Waals surface area contributed by atoms with Crippen molar-refractivity contribution in [2.45, 2.75) is 63.2 Å². The molecule has 0 bridgehead atoms. The summed E-state index contributed by atoms with van der Waals surface area (Å²) in [5, 5.41) is 26.1. The summed E-state index contributed by atoms with van der Waals surface area (Å²) in [5.74, 6) is -4.40. The van der Waals surface area contributed by atoms with Crippen molar-refractivity contribution in [1.82, 2.24) is 16.0 Å². The van der Waals surface area contributed by atoms with Crippen molar-refractivity contribution in [1.29, 1.82) is 0 Å². The molecule has 4 amide bonds. The number of aromatic hydroxyl groups is 1. The summed E-state index contributed by atoms with van der Waals surface area (Å²) in [4.78, 5) is 64.7. The van der Waals surface area contributed by atoms with E-state index in [-0.39, 0.29) is 43.9 Å². The monoisotopic (exact) mass is 536 g/mol. The summed E-state index contributed by atoms with van der Waals surface area (Å²) in [6, 6.07) is 1.01. The molecule has 0 heterocycles. The molecule has 4 atom stereocenters. The molecule has 1 aromatic rings. The fraction of sp³-hybridized carbons (Fsp3) is 0.478. The average Bonchev–Trinajstić information content (AvgIpc) is 2.84. The average molecular weight is 537 g/mol. The summed E-state index contributed by atoms with van der Waals surface area (Å²) in [6.45, 7) is 1.65. The van der Waals surface area contributed by atoms with Gasteiger partial charge in [-0.15, -0.1) is 0 Å². The van der Waals surface area contributed by atoms with Gasteiger partial charge in [-0.1, -0.05) is 12.1 Å². The SMILES string of the molecule is CC(NC(=O)C(N)CCCN=C(N)N)C(=O)NC(CCC(N)=O)C(=O)NC(Cc1ccc(O)cc1)C(=O)O. The third-order valence-electron chi connectivity index (χ3n) is 5.36. The van der Waals surface area contributed by atoms with Gasteiger partial charge in [0.05, 0.1) is 6.04 Å². The molecule has 0 aliphatic carbocycles. The first kappa shape index (κ1) is 31.6. The van der Waals surface area contributed by atoms with Gasteiger partial charge in [-0.2, -0.15) is 0 Å². The van der Waals surface area contributed by atoms with Crippen LogP contribution in [0.25, 0.3) is 0 Å². The Kier molecular flexibility index (Phi) is 13.0. The van der Waals surface area contributed by atoms with Crippen LogP contribution in [0.15, 0.2) is 29.3 Å². The molecule has 38 heavy (non-hydrogen) atoms. The molecule has 13 N–H and O–H groups in total. The van der Waals surface area contributed by atoms with E-state index in [4.69, 9.17) is 22.9 Å². The van der Waals surface area contributed by atoms with Gasteiger partial charge in [-0.3, -0.25) is 24.2 Å². The third kappa shape index (κ3) is 12.0. The van der Waals surface area contributed by atoms with Crippen LogP contribution in [0.4, 0.5) is 0 Å². The molecule has 15 nitrogen and oxygen atoms in total. The standard InChI is InChI=1S/C23H36N8O7/c1-12(29-20(35)15(24)3-2-10-28-23(26)27)19(34)30-16(8-9-18(25)33)21(36)31-17(22(37)38)11-13-4-6-14(32)7-5-13/h4-7,12,15-17,32H,2-3,8-11,24H2,1H3,(H2,25,33)(H,29,35)(H,30,34)(H,31,36)(H,37,38)(H4,26,27,28). The molecule has 0 radical (unpaired) electrons. The number of nitrogens with one attached hydrogen (secondary N) is 3. The Bertz CT molecular complexity index is 1010. The number of nitrogens with zero attached hydrogens (tertiary/aromatic N) is 1. The van der Waals surface area contributed by atoms with Crippen molar-refractivity contribution in [2.75, 3.05) is 6.54 Å². The Labute approximate surface area is 219 Å². The largest absolute Gasteiger partial charge is 0.508 e. The molecule has 0 saturated heterocycles. The highest BCUT2D eigenvalue weighted by atomic mass is 16.4. The van der Waals surface area contributed by atoms with Gasteiger partial charge in [0.2, 0.25) is 23.6 Å². The number of hydrogen-bond donors (Lipinski definition) is 9. The Hall–Kier alpha value is -4.40. The normalized spacial score (nSPS) is 13.7. The fourth-order valence-electron chi connectivity index (χ4n) is 3.23. The Morgan fingerprint density at radius 3 is 2.05 bits per heavy atom. The van der Waals surface area contributed by atoms with Crippen LogP contribution < -0.4 is 38.9 Å². The predicted octanol–water partition coefficient (Wildman–Crippen LogP) is -2.86. The van der Waals surface area contributed by atoms with Crippen molar-refractivity contribution in [3.05, 3.63) is 29.8 Å². The minimum absolute atomic E-state index is 0.00741. The molecule has 0 spiro atoms. The molecular weight excluding hydrogens is 500 g/mol. The van der Waals surface area contributed by atoms with Crippen molar-refractivity contribution >= 4 is 35.6 Å². The highest BCUT2D eigenvalue weighted by molar-refractivity contribution is 5.94. The van der Waals surface area contributed by atoms with Crippen LogP contribution in [0, 0.1) is 0 Å². The topological polar surface area (TPSA) is 278 Å². The number of phenols is 1. The number of rotatable bonds is 16. The smallest absolute Gasteiger partial charge is 0.326 e. The number of carboxylic acid groups (broad SMARTS) is 1. The first-order chi connectivity index (χ1) is 17.8. The first-order valence-corrected chi connectivity index (χ1v) is 11.8. The summed E-state index contributed by atoms with van der Waals surface area (Å²) >= 11 is 0. The molecule has 0 saturated carbocycles. The van der Waals surface area contributed by atoms with Crippen LogP contribution in [0.1, 0.15) is 38.2 Å². The quantitative estimate of drug-likeness (QED) is 0.0591. The molecule has 4 unspecified atom stereocenters. The summed E-state index contributed by atoms with van der Waals surface area (Å²) in [7, 11) is 0. The van der Waals surface area contributed by atoms with E-state index >= 15 is 0 Å². The van der Waals surface area contributed by atoms with Gasteiger partial charge in [-0.05, 0) is 43.9 Å². The van der Waals surface area contributed by atoms with E-state index in [2.05, 4.69) is 20.9 Å². The number of carbonyl (C=O) groups is 5. The molecule has 0 aliphatic rings. The second kappa shape index (κ2) is 15.7. The molecule has 210 valence electrons. The molecule has 1 rings (SSSR count). The van der Waals surface area contributed by atoms with Gasteiger partial charge in [0.15, 0.2) is 5.96 Å². The Balaban J connectivity index is 2.80. The maximum Gasteiger partial charge on any atom is 0.326 e. The first-order valence-electron chi connectivity index (χ1n) is 11.8. The molecule has 1 aromatic carbocycles. The number of hydrogen-bond acceptors (Lipinski definition) is 8. The third-order valence-corrected chi connectivity index (χ3v) is 5.36. The number of primary amides is 1. The number of aliphatic imine (C=N–C) groups is 1. The van der Waals surface area contributed by atoms with Crippen LogP contribution in [0.2, 0.25) is 0 Å². The van der Waals surface area contributed by atoms with E-state index in [0.717, 1.165) is 0 Å². The van der Waals surface area contributed by atoms with Crippen molar-refractivity contribution < 1.29 is 34.2 Å². The minimum atomic E-state index is -1.37. The second-order valence-corrected chi connectivity index (χ2v) is 8.62. The van der Waals surface area contributed by atoms with Crippen LogP contribution in [0.5, 0.6) is 5.75 Å². The van der Waals surface area contributed by atoms with E-state index in [1.807, 2.05) is 0 Å². The van der Waals surface area contributed by atoms with Crippen LogP contribution >= 0.6 is 0 Å². The van der Waals surface area contributed by atoms with E-state index in [0.29, 0.717) is 12.0 Å². The van der Waals surface area contributed by atoms with Gasteiger partial charge >= 0.3 is 5.97 Å². The molecule has 15 heteroatoms. The number of carbonyl (C=O) groups excluding carboxylic acids is 4. The van der Waals surface area contributed by atoms with Crippen molar-refractivity contribution in [3.8, 4) is 5.75 Å². The number of aliphatic carboxylic acids is 1. The zero-order valence-corrected chi connectivity index (χ0v) is 21.1. The van der Waals surface area contributed by atoms with E-state index in [1.165, 1.54) is 31.2 Å². The van der Waals surface area contributed by atoms with Crippen LogP contribution in [-0.2, 0) is 30.4 Å². The van der Waals surface area contributed by atoms with Crippen LogP contribution in [0.3, 0.4) is 0 Å². The summed E-state index contributed by atoms with van der Waals surface area (Å²) in [5.41, 5.74) is 22.0. The molecule has 0 fully saturated rings. The predicted molar refractivity (Wildman–Crippen MR) is 137 cm³/mol. The molecule has 0 aliphatic heterocycles. The summed E-state index contributed by atoms with van der Waals surface area (Å²) < 4.78 is 0. The van der Waals surface area contributed by atoms with Crippen LogP contribution in [-0.4, -0.2) is 76.5 Å². The maximum atomic E-state index is 12.9. The van der Waals surface area contributed by atoms with Crippen molar-refractivity contribution in [3.63, 3.8) is 0 Å². The number of benzene rings is 1. The van der Waals surface area contributed by atoms with E-state index in [9.17, 15) is 34.2 Å². The number of amides is 4. The fourth-order valence-corrected chi connectivity index (χ4v) is 3.23. The zero-order valence-electron chi connectivity index (χ0n) is 21.1. The van der Waals surface area contributed by atoms with Crippen molar-refractivity contribution in [2.24, 2.45) is 27.9 Å². The lowest BCUT2D eigenvalue weighted by Crippen LogP contribution is -2.56. The molecular formula is C23H36N8O7. The second-order valence-electron chi connectivity index (χ2n) is 8.62. The lowest BCUT2D eigenvalue weighted by Gasteiger charge is -2.23. The van der Waals surface area contributed by atoms with E-state index in [1.54, 1.807) is 0 Å². The van der Waals surface area contributed by atoms with Gasteiger partial charge in [0.1, 0.15) is 23.9 Å². The Morgan fingerprint density at radius 1 is 0.895 bits per heavy atom. The number of nitrogens with two attached hydrogens (primary N) is 4. The van der Waals surface area contributed by atoms with Gasteiger partial charge in [0, 0.05) is 19.4 Å². The highest BCUT2D eigenvalue weighted by Crippen LogP contribution is 2.12. The minimum Gasteiger partial charge on any atom is -0.508 e. The van der Waals surface area contributed by atoms with Gasteiger partial charge in [-0.25, -0.2) is 4.79 Å². The maximum absolute atomic E-state index is 12.9. The number of guanidine groups is 1. The zero-order chi connectivity index (χ0) is 28.8. The molecule has 0 aromatic heterocycles. The lowest BCUT2D eigenvalue weighted by atomic mass is 10.0. The number of carboxylic acids is 1. The van der Waals surface area contributed by atoms with Gasteiger partial charge < -0.3 is 49.1 Å². The lowest BCUT2D eigenvalue weighted by molar-refractivity contribution is -0.142. The number of phenolic OH excluding ortho intramolecular Hbond substituents is 1. The van der Waals surface area contributed by atoms with Gasteiger partial charge in [0.25, 0.3) is 0 Å². The highest BCUT2D eigenvalue weighted by Gasteiger charge is 2.29.